The normalized spacial score (nSPS) is 14.0. The Morgan fingerprint density at radius 1 is 1.30 bits per heavy atom. The fourth-order valence-corrected chi connectivity index (χ4v) is 4.76. The molecule has 2 aromatic heterocycles. The van der Waals surface area contributed by atoms with Gasteiger partial charge in [-0.3, -0.25) is 4.79 Å². The Hall–Kier alpha value is -2.54. The molecule has 0 fully saturated rings. The molecule has 0 saturated heterocycles. The summed E-state index contributed by atoms with van der Waals surface area (Å²) in [6, 6.07) is 8.03. The van der Waals surface area contributed by atoms with Crippen molar-refractivity contribution in [1.29, 1.82) is 0 Å². The summed E-state index contributed by atoms with van der Waals surface area (Å²) in [4.78, 5) is 21.8. The molecule has 154 valence electrons. The van der Waals surface area contributed by atoms with Crippen molar-refractivity contribution in [2.75, 3.05) is 13.2 Å². The fourth-order valence-electron chi connectivity index (χ4n) is 4.36. The third-order valence-corrected chi connectivity index (χ3v) is 6.83. The number of amides is 1. The van der Waals surface area contributed by atoms with Gasteiger partial charge in [0.2, 0.25) is 5.91 Å². The Kier molecular flexibility index (Phi) is 4.54. The lowest BCUT2D eigenvalue weighted by molar-refractivity contribution is -0.135. The molecule has 8 heteroatoms. The Bertz CT molecular complexity index is 1340. The summed E-state index contributed by atoms with van der Waals surface area (Å²) in [6.07, 6.45) is 0.670. The van der Waals surface area contributed by atoms with E-state index in [0.717, 1.165) is 50.1 Å². The van der Waals surface area contributed by atoms with Crippen LogP contribution in [0.15, 0.2) is 24.3 Å². The summed E-state index contributed by atoms with van der Waals surface area (Å²) in [7, 11) is 2.00. The molecule has 0 saturated carbocycles. The average Bonchev–Trinajstić information content (AvgIpc) is 3.27. The molecule has 6 nitrogen and oxygen atoms in total. The number of aryl methyl sites for hydroxylation is 2. The van der Waals surface area contributed by atoms with Crippen LogP contribution in [-0.2, 0) is 24.8 Å². The molecule has 1 aliphatic heterocycles. The summed E-state index contributed by atoms with van der Waals surface area (Å²) < 4.78 is 2.06. The Morgan fingerprint density at radius 2 is 2.10 bits per heavy atom. The van der Waals surface area contributed by atoms with E-state index < -0.39 is 6.61 Å². The Balaban J connectivity index is 1.77. The predicted molar refractivity (Wildman–Crippen MR) is 119 cm³/mol. The number of carbonyl (C=O) groups is 1. The number of hydrogen-bond acceptors (Lipinski definition) is 3. The van der Waals surface area contributed by atoms with Crippen molar-refractivity contribution in [3.05, 3.63) is 51.4 Å². The van der Waals surface area contributed by atoms with E-state index in [9.17, 15) is 9.90 Å². The zero-order valence-electron chi connectivity index (χ0n) is 16.6. The minimum atomic E-state index is -0.492. The van der Waals surface area contributed by atoms with E-state index in [1.54, 1.807) is 4.90 Å². The van der Waals surface area contributed by atoms with Crippen molar-refractivity contribution < 1.29 is 9.90 Å². The van der Waals surface area contributed by atoms with Crippen LogP contribution >= 0.6 is 23.2 Å². The molecule has 4 aromatic rings. The van der Waals surface area contributed by atoms with Crippen LogP contribution < -0.4 is 0 Å². The maximum Gasteiger partial charge on any atom is 0.248 e. The summed E-state index contributed by atoms with van der Waals surface area (Å²) in [5.74, 6) is 0.669. The second-order valence-corrected chi connectivity index (χ2v) is 8.48. The summed E-state index contributed by atoms with van der Waals surface area (Å²) >= 11 is 13.1. The van der Waals surface area contributed by atoms with E-state index in [-0.39, 0.29) is 5.91 Å². The summed E-state index contributed by atoms with van der Waals surface area (Å²) in [5.41, 5.74) is 6.78. The first-order valence-corrected chi connectivity index (χ1v) is 10.5. The lowest BCUT2D eigenvalue weighted by atomic mass is 9.96. The Morgan fingerprint density at radius 3 is 2.87 bits per heavy atom. The van der Waals surface area contributed by atoms with E-state index in [1.165, 1.54) is 0 Å². The van der Waals surface area contributed by atoms with Crippen molar-refractivity contribution in [3.63, 3.8) is 0 Å². The summed E-state index contributed by atoms with van der Waals surface area (Å²) in [5, 5.41) is 11.2. The number of rotatable bonds is 2. The van der Waals surface area contributed by atoms with Gasteiger partial charge in [0.25, 0.3) is 0 Å². The molecule has 30 heavy (non-hydrogen) atoms. The van der Waals surface area contributed by atoms with Gasteiger partial charge in [0.05, 0.1) is 26.6 Å². The third-order valence-electron chi connectivity index (χ3n) is 6.05. The highest BCUT2D eigenvalue weighted by Gasteiger charge is 2.27. The highest BCUT2D eigenvalue weighted by molar-refractivity contribution is 6.45. The second-order valence-electron chi connectivity index (χ2n) is 7.70. The molecule has 1 amide bonds. The molecule has 0 bridgehead atoms. The van der Waals surface area contributed by atoms with Crippen LogP contribution in [0.5, 0.6) is 0 Å². The van der Waals surface area contributed by atoms with Crippen molar-refractivity contribution in [2.24, 2.45) is 7.05 Å². The maximum absolute atomic E-state index is 12.1. The van der Waals surface area contributed by atoms with Crippen LogP contribution in [-0.4, -0.2) is 43.6 Å². The minimum absolute atomic E-state index is 0.275. The number of nitrogens with one attached hydrogen (secondary N) is 1. The van der Waals surface area contributed by atoms with Gasteiger partial charge in [-0.05, 0) is 36.2 Å². The van der Waals surface area contributed by atoms with Gasteiger partial charge < -0.3 is 19.6 Å². The van der Waals surface area contributed by atoms with Crippen molar-refractivity contribution >= 4 is 51.0 Å². The number of benzene rings is 2. The number of aliphatic hydroxyl groups is 1. The first kappa shape index (κ1) is 19.4. The lowest BCUT2D eigenvalue weighted by Gasteiger charge is -2.27. The quantitative estimate of drug-likeness (QED) is 0.488. The molecule has 0 atom stereocenters. The summed E-state index contributed by atoms with van der Waals surface area (Å²) in [6.45, 7) is 2.47. The van der Waals surface area contributed by atoms with Crippen LogP contribution in [0.3, 0.4) is 0 Å². The predicted octanol–water partition coefficient (Wildman–Crippen LogP) is 4.21. The van der Waals surface area contributed by atoms with Crippen LogP contribution in [0.1, 0.15) is 17.1 Å². The highest BCUT2D eigenvalue weighted by atomic mass is 35.5. The van der Waals surface area contributed by atoms with Crippen LogP contribution in [0, 0.1) is 6.92 Å². The smallest absolute Gasteiger partial charge is 0.248 e. The largest absolute Gasteiger partial charge is 0.387 e. The number of imidazole rings is 1. The average molecular weight is 443 g/mol. The number of fused-ring (bicyclic) bond motifs is 4. The topological polar surface area (TPSA) is 74.2 Å². The number of nitrogens with zero attached hydrogens (tertiary/aromatic N) is 3. The molecule has 3 heterocycles. The molecule has 0 radical (unpaired) electrons. The van der Waals surface area contributed by atoms with E-state index in [2.05, 4.69) is 20.6 Å². The number of halogens is 2. The van der Waals surface area contributed by atoms with Gasteiger partial charge in [0, 0.05) is 43.2 Å². The number of H-pyrrole nitrogens is 1. The fraction of sp³-hybridized carbons (Fsp3) is 0.273. The van der Waals surface area contributed by atoms with Crippen molar-refractivity contribution in [1.82, 2.24) is 19.4 Å². The lowest BCUT2D eigenvalue weighted by Crippen LogP contribution is -2.37. The zero-order valence-corrected chi connectivity index (χ0v) is 18.1. The monoisotopic (exact) mass is 442 g/mol. The first-order valence-electron chi connectivity index (χ1n) is 9.72. The number of aliphatic hydroxyl groups excluding tert-OH is 1. The van der Waals surface area contributed by atoms with Gasteiger partial charge in [-0.1, -0.05) is 29.3 Å². The van der Waals surface area contributed by atoms with Gasteiger partial charge >= 0.3 is 0 Å². The van der Waals surface area contributed by atoms with E-state index in [4.69, 9.17) is 23.2 Å². The maximum atomic E-state index is 12.1. The van der Waals surface area contributed by atoms with Gasteiger partial charge in [0.15, 0.2) is 0 Å². The molecule has 0 spiro atoms. The molecule has 0 unspecified atom stereocenters. The highest BCUT2D eigenvalue weighted by Crippen LogP contribution is 2.42. The first-order chi connectivity index (χ1) is 14.4. The van der Waals surface area contributed by atoms with Gasteiger partial charge in [-0.15, -0.1) is 0 Å². The van der Waals surface area contributed by atoms with Gasteiger partial charge in [-0.25, -0.2) is 4.98 Å². The number of aromatic nitrogens is 3. The third kappa shape index (κ3) is 2.82. The second kappa shape index (κ2) is 7.01. The molecular formula is C22H20Cl2N4O2. The number of aromatic amines is 1. The molecule has 1 aliphatic rings. The van der Waals surface area contributed by atoms with Crippen LogP contribution in [0.2, 0.25) is 10.0 Å². The molecule has 2 aromatic carbocycles. The zero-order chi connectivity index (χ0) is 21.2. The Labute approximate surface area is 183 Å². The number of carbonyl (C=O) groups excluding carboxylic acids is 1. The van der Waals surface area contributed by atoms with Gasteiger partial charge in [0.1, 0.15) is 12.4 Å². The van der Waals surface area contributed by atoms with Crippen molar-refractivity contribution in [2.45, 2.75) is 19.9 Å². The molecule has 2 N–H and O–H groups in total. The van der Waals surface area contributed by atoms with E-state index in [1.807, 2.05) is 32.2 Å². The van der Waals surface area contributed by atoms with Crippen LogP contribution in [0.25, 0.3) is 33.1 Å². The van der Waals surface area contributed by atoms with Crippen LogP contribution in [0.4, 0.5) is 0 Å². The standard InChI is InChI=1S/C22H20Cl2N4O2/c1-11-25-17-4-3-12(7-18(17)27(11)2)13-8-15(23)21(24)22-20(13)14-9-28(19(30)10-29)6-5-16(14)26-22/h3-4,7-8,26,29H,5-6,9-10H2,1-2H3. The SMILES string of the molecule is Cc1nc2ccc(-c3cc(Cl)c(Cl)c4[nH]c5c(c34)CN(C(=O)CO)CC5)cc2n1C. The molecule has 0 aliphatic carbocycles. The van der Waals surface area contributed by atoms with E-state index >= 15 is 0 Å². The van der Waals surface area contributed by atoms with Gasteiger partial charge in [-0.2, -0.15) is 0 Å². The number of hydrogen-bond donors (Lipinski definition) is 2. The molecular weight excluding hydrogens is 423 g/mol. The minimum Gasteiger partial charge on any atom is -0.387 e. The van der Waals surface area contributed by atoms with Crippen molar-refractivity contribution in [3.8, 4) is 11.1 Å². The molecule has 5 rings (SSSR count). The van der Waals surface area contributed by atoms with E-state index in [0.29, 0.717) is 29.6 Å².